The highest BCUT2D eigenvalue weighted by Gasteiger charge is 2.10. The van der Waals surface area contributed by atoms with Crippen LogP contribution in [0.2, 0.25) is 0 Å². The summed E-state index contributed by atoms with van der Waals surface area (Å²) < 4.78 is 18.3. The van der Waals surface area contributed by atoms with Gasteiger partial charge in [0, 0.05) is 6.54 Å². The molecule has 5 nitrogen and oxygen atoms in total. The van der Waals surface area contributed by atoms with Crippen molar-refractivity contribution in [2.75, 3.05) is 13.2 Å². The fourth-order valence-corrected chi connectivity index (χ4v) is 1.21. The summed E-state index contributed by atoms with van der Waals surface area (Å²) >= 11 is 0. The maximum atomic E-state index is 13.4. The number of benzene rings is 1. The van der Waals surface area contributed by atoms with Crippen LogP contribution >= 0.6 is 0 Å². The molecule has 2 N–H and O–H groups in total. The van der Waals surface area contributed by atoms with Crippen LogP contribution in [0.15, 0.2) is 18.2 Å². The summed E-state index contributed by atoms with van der Waals surface area (Å²) in [4.78, 5) is 21.8. The Kier molecular flexibility index (Phi) is 5.10. The van der Waals surface area contributed by atoms with Gasteiger partial charge in [-0.25, -0.2) is 9.18 Å². The molecule has 0 aromatic heterocycles. The van der Waals surface area contributed by atoms with Gasteiger partial charge in [0.25, 0.3) is 5.91 Å². The second-order valence-electron chi connectivity index (χ2n) is 3.59. The minimum atomic E-state index is -1.22. The first-order valence-electron chi connectivity index (χ1n) is 5.47. The van der Waals surface area contributed by atoms with Crippen molar-refractivity contribution in [2.24, 2.45) is 0 Å². The number of carbonyl (C=O) groups excluding carboxylic acids is 1. The molecule has 18 heavy (non-hydrogen) atoms. The van der Waals surface area contributed by atoms with Crippen LogP contribution in [0.5, 0.6) is 5.75 Å². The Hall–Kier alpha value is -2.11. The molecule has 0 aliphatic heterocycles. The van der Waals surface area contributed by atoms with Gasteiger partial charge >= 0.3 is 5.97 Å². The van der Waals surface area contributed by atoms with E-state index in [0.717, 1.165) is 12.5 Å². The Morgan fingerprint density at radius 1 is 1.44 bits per heavy atom. The Balaban J connectivity index is 2.58. The number of nitrogens with one attached hydrogen (secondary N) is 1. The first-order valence-corrected chi connectivity index (χ1v) is 5.47. The Morgan fingerprint density at radius 2 is 2.17 bits per heavy atom. The van der Waals surface area contributed by atoms with Crippen molar-refractivity contribution in [1.29, 1.82) is 0 Å². The predicted octanol–water partition coefficient (Wildman–Crippen LogP) is 1.43. The lowest BCUT2D eigenvalue weighted by molar-refractivity contribution is -0.123. The molecule has 0 radical (unpaired) electrons. The molecule has 1 amide bonds. The third-order valence-corrected chi connectivity index (χ3v) is 2.11. The normalized spacial score (nSPS) is 9.89. The van der Waals surface area contributed by atoms with Crippen LogP contribution in [0, 0.1) is 5.82 Å². The van der Waals surface area contributed by atoms with Gasteiger partial charge in [0.15, 0.2) is 18.2 Å². The summed E-state index contributed by atoms with van der Waals surface area (Å²) in [6.45, 7) is 2.14. The van der Waals surface area contributed by atoms with E-state index in [1.165, 1.54) is 12.1 Å². The summed E-state index contributed by atoms with van der Waals surface area (Å²) in [5.74, 6) is -2.52. The molecule has 0 heterocycles. The van der Waals surface area contributed by atoms with E-state index in [9.17, 15) is 14.0 Å². The van der Waals surface area contributed by atoms with Gasteiger partial charge < -0.3 is 15.2 Å². The van der Waals surface area contributed by atoms with Crippen molar-refractivity contribution < 1.29 is 23.8 Å². The molecule has 0 fully saturated rings. The first-order chi connectivity index (χ1) is 8.54. The molecular weight excluding hydrogens is 241 g/mol. The third-order valence-electron chi connectivity index (χ3n) is 2.11. The molecule has 0 aliphatic rings. The van der Waals surface area contributed by atoms with Gasteiger partial charge in [-0.05, 0) is 24.6 Å². The van der Waals surface area contributed by atoms with Crippen molar-refractivity contribution in [2.45, 2.75) is 13.3 Å². The van der Waals surface area contributed by atoms with Gasteiger partial charge in [0.1, 0.15) is 0 Å². The van der Waals surface area contributed by atoms with Crippen LogP contribution in [-0.2, 0) is 4.79 Å². The van der Waals surface area contributed by atoms with Crippen molar-refractivity contribution in [3.63, 3.8) is 0 Å². The molecule has 0 saturated carbocycles. The van der Waals surface area contributed by atoms with E-state index < -0.39 is 11.8 Å². The Morgan fingerprint density at radius 3 is 2.72 bits per heavy atom. The third kappa shape index (κ3) is 4.04. The minimum absolute atomic E-state index is 0.147. The predicted molar refractivity (Wildman–Crippen MR) is 62.2 cm³/mol. The van der Waals surface area contributed by atoms with E-state index in [0.29, 0.717) is 6.54 Å². The van der Waals surface area contributed by atoms with Crippen LogP contribution in [0.3, 0.4) is 0 Å². The van der Waals surface area contributed by atoms with Crippen LogP contribution in [0.1, 0.15) is 23.7 Å². The molecular formula is C12H14FNO4. The van der Waals surface area contributed by atoms with Gasteiger partial charge in [0.05, 0.1) is 5.56 Å². The van der Waals surface area contributed by atoms with E-state index in [1.807, 2.05) is 6.92 Å². The molecule has 1 rings (SSSR count). The van der Waals surface area contributed by atoms with E-state index >= 15 is 0 Å². The van der Waals surface area contributed by atoms with Gasteiger partial charge in [-0.1, -0.05) is 6.92 Å². The average Bonchev–Trinajstić information content (AvgIpc) is 2.34. The van der Waals surface area contributed by atoms with Gasteiger partial charge in [-0.3, -0.25) is 4.79 Å². The fraction of sp³-hybridized carbons (Fsp3) is 0.333. The molecule has 0 bridgehead atoms. The molecule has 98 valence electrons. The number of carboxylic acids is 1. The second-order valence-corrected chi connectivity index (χ2v) is 3.59. The highest BCUT2D eigenvalue weighted by Crippen LogP contribution is 2.18. The van der Waals surface area contributed by atoms with E-state index in [1.54, 1.807) is 0 Å². The van der Waals surface area contributed by atoms with Gasteiger partial charge in [0.2, 0.25) is 0 Å². The molecule has 1 aromatic rings. The number of halogens is 1. The number of carboxylic acid groups (broad SMARTS) is 1. The monoisotopic (exact) mass is 255 g/mol. The maximum absolute atomic E-state index is 13.4. The highest BCUT2D eigenvalue weighted by atomic mass is 19.1. The number of hydrogen-bond acceptors (Lipinski definition) is 3. The van der Waals surface area contributed by atoms with Crippen molar-refractivity contribution in [3.05, 3.63) is 29.6 Å². The standard InChI is InChI=1S/C12H14FNO4/c1-2-5-14-11(15)7-18-10-4-3-8(12(16)17)6-9(10)13/h3-4,6H,2,5,7H2,1H3,(H,14,15)(H,16,17). The number of aromatic carboxylic acids is 1. The van der Waals surface area contributed by atoms with Crippen LogP contribution in [0.4, 0.5) is 4.39 Å². The number of carbonyl (C=O) groups is 2. The van der Waals surface area contributed by atoms with E-state index in [2.05, 4.69) is 5.32 Å². The SMILES string of the molecule is CCCNC(=O)COc1ccc(C(=O)O)cc1F. The number of rotatable bonds is 6. The quantitative estimate of drug-likeness (QED) is 0.806. The molecule has 6 heteroatoms. The Bertz CT molecular complexity index is 448. The molecule has 0 atom stereocenters. The zero-order valence-electron chi connectivity index (χ0n) is 9.90. The van der Waals surface area contributed by atoms with Crippen molar-refractivity contribution in [3.8, 4) is 5.75 Å². The summed E-state index contributed by atoms with van der Waals surface area (Å²) in [6, 6.07) is 3.25. The fourth-order valence-electron chi connectivity index (χ4n) is 1.21. The molecule has 0 saturated heterocycles. The lowest BCUT2D eigenvalue weighted by atomic mass is 10.2. The van der Waals surface area contributed by atoms with Gasteiger partial charge in [-0.2, -0.15) is 0 Å². The van der Waals surface area contributed by atoms with Crippen molar-refractivity contribution >= 4 is 11.9 Å². The minimum Gasteiger partial charge on any atom is -0.481 e. The number of amides is 1. The molecule has 1 aromatic carbocycles. The van der Waals surface area contributed by atoms with Crippen LogP contribution < -0.4 is 10.1 Å². The molecule has 0 spiro atoms. The average molecular weight is 255 g/mol. The van der Waals surface area contributed by atoms with Crippen LogP contribution in [0.25, 0.3) is 0 Å². The summed E-state index contributed by atoms with van der Waals surface area (Å²) in [7, 11) is 0. The van der Waals surface area contributed by atoms with E-state index in [4.69, 9.17) is 9.84 Å². The zero-order chi connectivity index (χ0) is 13.5. The Labute approximate surface area is 104 Å². The summed E-state index contributed by atoms with van der Waals surface area (Å²) in [5.41, 5.74) is -0.171. The summed E-state index contributed by atoms with van der Waals surface area (Å²) in [6.07, 6.45) is 0.799. The topological polar surface area (TPSA) is 75.6 Å². The largest absolute Gasteiger partial charge is 0.481 e. The first kappa shape index (κ1) is 14.0. The zero-order valence-corrected chi connectivity index (χ0v) is 9.90. The van der Waals surface area contributed by atoms with Gasteiger partial charge in [-0.15, -0.1) is 0 Å². The van der Waals surface area contributed by atoms with Crippen LogP contribution in [-0.4, -0.2) is 30.1 Å². The molecule has 0 unspecified atom stereocenters. The second kappa shape index (κ2) is 6.58. The van der Waals surface area contributed by atoms with Crippen molar-refractivity contribution in [1.82, 2.24) is 5.32 Å². The number of ether oxygens (including phenoxy) is 1. The molecule has 0 aliphatic carbocycles. The lowest BCUT2D eigenvalue weighted by Crippen LogP contribution is -2.29. The van der Waals surface area contributed by atoms with E-state index in [-0.39, 0.29) is 23.8 Å². The lowest BCUT2D eigenvalue weighted by Gasteiger charge is -2.07. The highest BCUT2D eigenvalue weighted by molar-refractivity contribution is 5.87. The summed E-state index contributed by atoms with van der Waals surface area (Å²) in [5, 5.41) is 11.2. The number of hydrogen-bond donors (Lipinski definition) is 2. The maximum Gasteiger partial charge on any atom is 0.335 e. The smallest absolute Gasteiger partial charge is 0.335 e.